The Morgan fingerprint density at radius 2 is 1.79 bits per heavy atom. The van der Waals surface area contributed by atoms with E-state index < -0.39 is 21.8 Å². The van der Waals surface area contributed by atoms with Crippen LogP contribution in [0.15, 0.2) is 65.0 Å². The third-order valence-electron chi connectivity index (χ3n) is 5.34. The van der Waals surface area contributed by atoms with Crippen LogP contribution in [0.1, 0.15) is 24.0 Å². The van der Waals surface area contributed by atoms with Crippen molar-refractivity contribution < 1.29 is 26.3 Å². The number of aromatic nitrogens is 1. The molecule has 6 nitrogen and oxygen atoms in total. The standard InChI is InChI=1S/C22H22F3N3O3S2/c23-22(24,25)20-4-2-1-3-16(20)15-28-12-9-18(10-13-28)31-17-5-7-19(8-6-17)33(29,30)27-21-26-11-14-32-21/h1-8,11,14,18H,9-10,12-13,15H2,(H,26,27). The van der Waals surface area contributed by atoms with E-state index in [-0.39, 0.29) is 23.1 Å². The SMILES string of the molecule is O=S(=O)(Nc1nccs1)c1ccc(OC2CCN(Cc3ccccc3C(F)(F)F)CC2)cc1. The molecular formula is C22H22F3N3O3S2. The van der Waals surface area contributed by atoms with Crippen LogP contribution in [0.4, 0.5) is 18.3 Å². The van der Waals surface area contributed by atoms with Gasteiger partial charge in [0.2, 0.25) is 0 Å². The Morgan fingerprint density at radius 1 is 1.09 bits per heavy atom. The number of anilines is 1. The molecule has 1 aromatic heterocycles. The van der Waals surface area contributed by atoms with Crippen LogP contribution in [0.5, 0.6) is 5.75 Å². The van der Waals surface area contributed by atoms with Crippen molar-refractivity contribution in [1.29, 1.82) is 0 Å². The highest BCUT2D eigenvalue weighted by molar-refractivity contribution is 7.93. The van der Waals surface area contributed by atoms with Crippen LogP contribution < -0.4 is 9.46 Å². The molecule has 33 heavy (non-hydrogen) atoms. The number of halogens is 3. The van der Waals surface area contributed by atoms with Gasteiger partial charge in [0, 0.05) is 31.2 Å². The van der Waals surface area contributed by atoms with E-state index in [1.807, 2.05) is 4.90 Å². The highest BCUT2D eigenvalue weighted by atomic mass is 32.2. The first-order valence-electron chi connectivity index (χ1n) is 10.3. The summed E-state index contributed by atoms with van der Waals surface area (Å²) in [6.07, 6.45) is -1.61. The molecule has 1 N–H and O–H groups in total. The highest BCUT2D eigenvalue weighted by Gasteiger charge is 2.33. The zero-order valence-electron chi connectivity index (χ0n) is 17.5. The van der Waals surface area contributed by atoms with Gasteiger partial charge in [0.05, 0.1) is 10.5 Å². The molecule has 2 aromatic carbocycles. The van der Waals surface area contributed by atoms with Gasteiger partial charge in [-0.2, -0.15) is 13.2 Å². The normalized spacial score (nSPS) is 16.0. The quantitative estimate of drug-likeness (QED) is 0.497. The van der Waals surface area contributed by atoms with Crippen molar-refractivity contribution >= 4 is 26.5 Å². The Hall–Kier alpha value is -2.63. The summed E-state index contributed by atoms with van der Waals surface area (Å²) >= 11 is 1.19. The summed E-state index contributed by atoms with van der Waals surface area (Å²) in [6.45, 7) is 1.46. The van der Waals surface area contributed by atoms with E-state index in [9.17, 15) is 21.6 Å². The van der Waals surface area contributed by atoms with Gasteiger partial charge in [-0.15, -0.1) is 11.3 Å². The first-order valence-corrected chi connectivity index (χ1v) is 12.6. The van der Waals surface area contributed by atoms with Crippen molar-refractivity contribution in [3.8, 4) is 5.75 Å². The van der Waals surface area contributed by atoms with E-state index in [4.69, 9.17) is 4.74 Å². The zero-order chi connectivity index (χ0) is 23.5. The first-order chi connectivity index (χ1) is 15.7. The summed E-state index contributed by atoms with van der Waals surface area (Å²) in [5, 5.41) is 1.97. The van der Waals surface area contributed by atoms with Crippen LogP contribution in [0, 0.1) is 0 Å². The number of ether oxygens (including phenoxy) is 1. The van der Waals surface area contributed by atoms with Gasteiger partial charge >= 0.3 is 6.18 Å². The van der Waals surface area contributed by atoms with E-state index in [1.54, 1.807) is 23.6 Å². The molecule has 0 saturated carbocycles. The minimum Gasteiger partial charge on any atom is -0.490 e. The van der Waals surface area contributed by atoms with E-state index >= 15 is 0 Å². The van der Waals surface area contributed by atoms with Crippen molar-refractivity contribution in [3.63, 3.8) is 0 Å². The summed E-state index contributed by atoms with van der Waals surface area (Å²) in [4.78, 5) is 6.01. The summed E-state index contributed by atoms with van der Waals surface area (Å²) in [5.41, 5.74) is -0.324. The molecule has 0 atom stereocenters. The molecule has 0 radical (unpaired) electrons. The monoisotopic (exact) mass is 497 g/mol. The van der Waals surface area contributed by atoms with Gasteiger partial charge in [0.25, 0.3) is 10.0 Å². The lowest BCUT2D eigenvalue weighted by Crippen LogP contribution is -2.38. The Labute approximate surface area is 194 Å². The van der Waals surface area contributed by atoms with E-state index in [0.717, 1.165) is 6.07 Å². The van der Waals surface area contributed by atoms with E-state index in [2.05, 4.69) is 9.71 Å². The van der Waals surface area contributed by atoms with E-state index in [0.29, 0.717) is 36.8 Å². The van der Waals surface area contributed by atoms with Crippen molar-refractivity contribution in [1.82, 2.24) is 9.88 Å². The number of piperidine rings is 1. The topological polar surface area (TPSA) is 71.5 Å². The van der Waals surface area contributed by atoms with Crippen LogP contribution in [-0.2, 0) is 22.7 Å². The Bertz CT molecular complexity index is 1160. The van der Waals surface area contributed by atoms with Gasteiger partial charge in [0.15, 0.2) is 5.13 Å². The number of likely N-dealkylation sites (tertiary alicyclic amines) is 1. The van der Waals surface area contributed by atoms with E-state index in [1.165, 1.54) is 41.8 Å². The number of nitrogens with one attached hydrogen (secondary N) is 1. The Morgan fingerprint density at radius 3 is 2.42 bits per heavy atom. The molecule has 0 spiro atoms. The number of benzene rings is 2. The molecule has 1 aliphatic heterocycles. The predicted octanol–water partition coefficient (Wildman–Crippen LogP) is 5.01. The van der Waals surface area contributed by atoms with Crippen LogP contribution in [0.3, 0.4) is 0 Å². The van der Waals surface area contributed by atoms with Gasteiger partial charge in [0.1, 0.15) is 11.9 Å². The van der Waals surface area contributed by atoms with Gasteiger partial charge in [-0.05, 0) is 48.7 Å². The molecule has 4 rings (SSSR count). The van der Waals surface area contributed by atoms with Gasteiger partial charge in [-0.25, -0.2) is 13.4 Å². The molecule has 0 unspecified atom stereocenters. The van der Waals surface area contributed by atoms with Gasteiger partial charge < -0.3 is 4.74 Å². The fourth-order valence-corrected chi connectivity index (χ4v) is 5.49. The second-order valence-corrected chi connectivity index (χ2v) is 10.2. The van der Waals surface area contributed by atoms with Gasteiger partial charge in [-0.3, -0.25) is 9.62 Å². The number of hydrogen-bond donors (Lipinski definition) is 1. The summed E-state index contributed by atoms with van der Waals surface area (Å²) in [6, 6.07) is 11.8. The molecule has 0 amide bonds. The molecule has 1 aliphatic rings. The van der Waals surface area contributed by atoms with Crippen LogP contribution in [0.2, 0.25) is 0 Å². The Kier molecular flexibility index (Phi) is 6.91. The molecule has 1 fully saturated rings. The molecule has 0 bridgehead atoms. The lowest BCUT2D eigenvalue weighted by Gasteiger charge is -2.32. The summed E-state index contributed by atoms with van der Waals surface area (Å²) < 4.78 is 72.9. The maximum absolute atomic E-state index is 13.2. The minimum atomic E-state index is -4.37. The molecule has 1 saturated heterocycles. The van der Waals surface area contributed by atoms with Crippen LogP contribution >= 0.6 is 11.3 Å². The molecule has 11 heteroatoms. The van der Waals surface area contributed by atoms with Crippen molar-refractivity contribution in [3.05, 3.63) is 71.2 Å². The molecular weight excluding hydrogens is 475 g/mol. The Balaban J connectivity index is 1.31. The summed E-state index contributed by atoms with van der Waals surface area (Å²) in [7, 11) is -3.73. The number of rotatable bonds is 7. The number of thiazole rings is 1. The lowest BCUT2D eigenvalue weighted by molar-refractivity contribution is -0.138. The highest BCUT2D eigenvalue weighted by Crippen LogP contribution is 2.33. The maximum atomic E-state index is 13.2. The van der Waals surface area contributed by atoms with Crippen LogP contribution in [-0.4, -0.2) is 37.5 Å². The maximum Gasteiger partial charge on any atom is 0.416 e. The first kappa shape index (κ1) is 23.5. The molecule has 3 aromatic rings. The fourth-order valence-electron chi connectivity index (χ4n) is 3.70. The second kappa shape index (κ2) is 9.70. The number of alkyl halides is 3. The lowest BCUT2D eigenvalue weighted by atomic mass is 10.0. The third kappa shape index (κ3) is 6.04. The average molecular weight is 498 g/mol. The van der Waals surface area contributed by atoms with Crippen molar-refractivity contribution in [2.24, 2.45) is 0 Å². The summed E-state index contributed by atoms with van der Waals surface area (Å²) in [5.74, 6) is 0.545. The van der Waals surface area contributed by atoms with Crippen molar-refractivity contribution in [2.75, 3.05) is 17.8 Å². The second-order valence-electron chi connectivity index (χ2n) is 7.66. The number of sulfonamides is 1. The minimum absolute atomic E-state index is 0.0880. The van der Waals surface area contributed by atoms with Crippen LogP contribution in [0.25, 0.3) is 0 Å². The smallest absolute Gasteiger partial charge is 0.416 e. The molecule has 176 valence electrons. The largest absolute Gasteiger partial charge is 0.490 e. The number of nitrogens with zero attached hydrogens (tertiary/aromatic N) is 2. The van der Waals surface area contributed by atoms with Gasteiger partial charge in [-0.1, -0.05) is 18.2 Å². The number of hydrogen-bond acceptors (Lipinski definition) is 6. The fraction of sp³-hybridized carbons (Fsp3) is 0.318. The average Bonchev–Trinajstić information content (AvgIpc) is 3.27. The van der Waals surface area contributed by atoms with Crippen molar-refractivity contribution in [2.45, 2.75) is 36.6 Å². The zero-order valence-corrected chi connectivity index (χ0v) is 19.1. The molecule has 0 aliphatic carbocycles. The molecule has 2 heterocycles. The predicted molar refractivity (Wildman–Crippen MR) is 120 cm³/mol. The third-order valence-corrected chi connectivity index (χ3v) is 7.51.